The Morgan fingerprint density at radius 3 is 3.07 bits per heavy atom. The second kappa shape index (κ2) is 8.06. The van der Waals surface area contributed by atoms with Gasteiger partial charge in [-0.3, -0.25) is 4.79 Å². The normalized spacial score (nSPS) is 24.5. The number of aliphatic hydroxyl groups is 1. The Hall–Kier alpha value is -2.16. The van der Waals surface area contributed by atoms with Gasteiger partial charge in [0.05, 0.1) is 36.4 Å². The molecule has 1 aromatic heterocycles. The standard InChI is InChI=1S/C20H28N4O4/c1-23-16-4-3-14(11-15(16)22-20(23)21-5-7-27-2)19(26)24-6-8-28-18-10-13(12-25)9-17(18)24/h3-4,11,13,17-18,25H,5-10,12H2,1-2H3,(H,21,22)/t13-,17+,18+/m1/s1. The largest absolute Gasteiger partial charge is 0.396 e. The third-order valence-corrected chi connectivity index (χ3v) is 5.87. The highest BCUT2D eigenvalue weighted by Crippen LogP contribution is 2.35. The van der Waals surface area contributed by atoms with E-state index in [0.29, 0.717) is 31.9 Å². The molecule has 0 bridgehead atoms. The van der Waals surface area contributed by atoms with E-state index in [2.05, 4.69) is 10.3 Å². The summed E-state index contributed by atoms with van der Waals surface area (Å²) in [6.07, 6.45) is 1.65. The van der Waals surface area contributed by atoms with Crippen LogP contribution >= 0.6 is 0 Å². The summed E-state index contributed by atoms with van der Waals surface area (Å²) in [6.45, 7) is 2.55. The van der Waals surface area contributed by atoms with Crippen molar-refractivity contribution in [2.75, 3.05) is 45.3 Å². The second-order valence-corrected chi connectivity index (χ2v) is 7.61. The number of amides is 1. The molecule has 1 aliphatic heterocycles. The number of nitrogens with zero attached hydrogens (tertiary/aromatic N) is 3. The lowest BCUT2D eigenvalue weighted by Crippen LogP contribution is -2.51. The molecule has 28 heavy (non-hydrogen) atoms. The lowest BCUT2D eigenvalue weighted by atomic mass is 10.1. The predicted molar refractivity (Wildman–Crippen MR) is 105 cm³/mol. The van der Waals surface area contributed by atoms with Crippen molar-refractivity contribution < 1.29 is 19.4 Å². The first-order chi connectivity index (χ1) is 13.6. The van der Waals surface area contributed by atoms with E-state index in [-0.39, 0.29) is 30.6 Å². The van der Waals surface area contributed by atoms with Gasteiger partial charge >= 0.3 is 0 Å². The number of fused-ring (bicyclic) bond motifs is 2. The van der Waals surface area contributed by atoms with Crippen molar-refractivity contribution in [3.8, 4) is 0 Å². The number of anilines is 1. The number of aromatic nitrogens is 2. The molecule has 0 radical (unpaired) electrons. The Morgan fingerprint density at radius 2 is 2.29 bits per heavy atom. The first-order valence-corrected chi connectivity index (χ1v) is 9.85. The Balaban J connectivity index is 1.55. The van der Waals surface area contributed by atoms with Crippen LogP contribution in [0.5, 0.6) is 0 Å². The number of imidazole rings is 1. The Morgan fingerprint density at radius 1 is 1.43 bits per heavy atom. The minimum Gasteiger partial charge on any atom is -0.396 e. The van der Waals surface area contributed by atoms with E-state index >= 15 is 0 Å². The van der Waals surface area contributed by atoms with Crippen LogP contribution in [0.4, 0.5) is 5.95 Å². The fraction of sp³-hybridized carbons (Fsp3) is 0.600. The van der Waals surface area contributed by atoms with E-state index in [4.69, 9.17) is 9.47 Å². The fourth-order valence-electron chi connectivity index (χ4n) is 4.37. The van der Waals surface area contributed by atoms with E-state index in [1.807, 2.05) is 34.7 Å². The molecule has 1 saturated heterocycles. The molecule has 4 rings (SSSR count). The third-order valence-electron chi connectivity index (χ3n) is 5.87. The number of hydrogen-bond donors (Lipinski definition) is 2. The summed E-state index contributed by atoms with van der Waals surface area (Å²) < 4.78 is 12.9. The number of aliphatic hydroxyl groups excluding tert-OH is 1. The zero-order valence-corrected chi connectivity index (χ0v) is 16.4. The topological polar surface area (TPSA) is 88.8 Å². The monoisotopic (exact) mass is 388 g/mol. The minimum atomic E-state index is 0.0123. The van der Waals surface area contributed by atoms with Crippen molar-refractivity contribution in [2.45, 2.75) is 25.0 Å². The van der Waals surface area contributed by atoms with Gasteiger partial charge in [0.15, 0.2) is 0 Å². The van der Waals surface area contributed by atoms with Crippen molar-refractivity contribution in [1.29, 1.82) is 0 Å². The summed E-state index contributed by atoms with van der Waals surface area (Å²) in [6, 6.07) is 5.72. The van der Waals surface area contributed by atoms with Crippen LogP contribution < -0.4 is 5.32 Å². The van der Waals surface area contributed by atoms with Crippen molar-refractivity contribution in [2.24, 2.45) is 13.0 Å². The predicted octanol–water partition coefficient (Wildman–Crippen LogP) is 1.24. The van der Waals surface area contributed by atoms with Crippen molar-refractivity contribution in [1.82, 2.24) is 14.5 Å². The van der Waals surface area contributed by atoms with Crippen LogP contribution in [-0.4, -0.2) is 77.6 Å². The summed E-state index contributed by atoms with van der Waals surface area (Å²) in [7, 11) is 3.61. The third kappa shape index (κ3) is 3.47. The van der Waals surface area contributed by atoms with Gasteiger partial charge in [0.25, 0.3) is 5.91 Å². The number of aryl methyl sites for hydroxylation is 1. The second-order valence-electron chi connectivity index (χ2n) is 7.61. The van der Waals surface area contributed by atoms with Crippen LogP contribution in [0.25, 0.3) is 11.0 Å². The van der Waals surface area contributed by atoms with Gasteiger partial charge in [0.1, 0.15) is 0 Å². The quantitative estimate of drug-likeness (QED) is 0.724. The highest BCUT2D eigenvalue weighted by molar-refractivity contribution is 5.98. The van der Waals surface area contributed by atoms with Crippen molar-refractivity contribution in [3.63, 3.8) is 0 Å². The number of benzene rings is 1. The van der Waals surface area contributed by atoms with E-state index in [0.717, 1.165) is 29.8 Å². The molecule has 0 spiro atoms. The highest BCUT2D eigenvalue weighted by Gasteiger charge is 2.42. The zero-order valence-electron chi connectivity index (χ0n) is 16.4. The Kier molecular flexibility index (Phi) is 5.52. The summed E-state index contributed by atoms with van der Waals surface area (Å²) in [4.78, 5) is 19.8. The molecular weight excluding hydrogens is 360 g/mol. The summed E-state index contributed by atoms with van der Waals surface area (Å²) >= 11 is 0. The number of methoxy groups -OCH3 is 1. The number of carbonyl (C=O) groups is 1. The van der Waals surface area contributed by atoms with E-state index in [1.54, 1.807) is 7.11 Å². The van der Waals surface area contributed by atoms with Gasteiger partial charge in [0.2, 0.25) is 5.95 Å². The maximum atomic E-state index is 13.2. The first kappa shape index (κ1) is 19.2. The van der Waals surface area contributed by atoms with Crippen LogP contribution in [0.15, 0.2) is 18.2 Å². The van der Waals surface area contributed by atoms with Crippen LogP contribution in [0.1, 0.15) is 23.2 Å². The van der Waals surface area contributed by atoms with Crippen LogP contribution in [0, 0.1) is 5.92 Å². The zero-order chi connectivity index (χ0) is 19.7. The molecule has 2 aliphatic rings. The number of ether oxygens (including phenoxy) is 2. The number of rotatable bonds is 6. The number of morpholine rings is 1. The molecule has 1 aromatic carbocycles. The maximum absolute atomic E-state index is 13.2. The molecule has 1 amide bonds. The van der Waals surface area contributed by atoms with Gasteiger partial charge in [-0.05, 0) is 37.0 Å². The van der Waals surface area contributed by atoms with Gasteiger partial charge in [-0.1, -0.05) is 0 Å². The van der Waals surface area contributed by atoms with Crippen LogP contribution in [-0.2, 0) is 16.5 Å². The lowest BCUT2D eigenvalue weighted by molar-refractivity contribution is -0.0448. The lowest BCUT2D eigenvalue weighted by Gasteiger charge is -2.37. The van der Waals surface area contributed by atoms with Gasteiger partial charge in [0, 0.05) is 39.4 Å². The van der Waals surface area contributed by atoms with E-state index < -0.39 is 0 Å². The summed E-state index contributed by atoms with van der Waals surface area (Å²) in [5.41, 5.74) is 2.40. The molecule has 1 aliphatic carbocycles. The van der Waals surface area contributed by atoms with E-state index in [1.165, 1.54) is 0 Å². The maximum Gasteiger partial charge on any atom is 0.254 e. The van der Waals surface area contributed by atoms with Crippen molar-refractivity contribution in [3.05, 3.63) is 23.8 Å². The molecule has 2 heterocycles. The van der Waals surface area contributed by atoms with Gasteiger partial charge in [-0.15, -0.1) is 0 Å². The average molecular weight is 388 g/mol. The number of carbonyl (C=O) groups excluding carboxylic acids is 1. The smallest absolute Gasteiger partial charge is 0.254 e. The number of hydrogen-bond acceptors (Lipinski definition) is 6. The molecule has 0 unspecified atom stereocenters. The van der Waals surface area contributed by atoms with Gasteiger partial charge < -0.3 is 29.4 Å². The van der Waals surface area contributed by atoms with E-state index in [9.17, 15) is 9.90 Å². The molecule has 1 saturated carbocycles. The number of nitrogens with one attached hydrogen (secondary N) is 1. The molecule has 8 heteroatoms. The summed E-state index contributed by atoms with van der Waals surface area (Å²) in [5.74, 6) is 0.977. The molecule has 152 valence electrons. The average Bonchev–Trinajstić information content (AvgIpc) is 3.28. The SMILES string of the molecule is COCCNc1nc2cc(C(=O)N3CCO[C@H]4C[C@H](CO)C[C@@H]43)ccc2n1C. The summed E-state index contributed by atoms with van der Waals surface area (Å²) in [5, 5.41) is 12.7. The molecule has 2 N–H and O–H groups in total. The Labute approximate surface area is 164 Å². The van der Waals surface area contributed by atoms with Crippen LogP contribution in [0.2, 0.25) is 0 Å². The molecule has 2 aromatic rings. The minimum absolute atomic E-state index is 0.0123. The molecule has 8 nitrogen and oxygen atoms in total. The highest BCUT2D eigenvalue weighted by atomic mass is 16.5. The van der Waals surface area contributed by atoms with Crippen molar-refractivity contribution >= 4 is 22.9 Å². The Bertz CT molecular complexity index is 852. The fourth-order valence-corrected chi connectivity index (χ4v) is 4.37. The molecule has 3 atom stereocenters. The molecule has 2 fully saturated rings. The van der Waals surface area contributed by atoms with Gasteiger partial charge in [-0.2, -0.15) is 0 Å². The first-order valence-electron chi connectivity index (χ1n) is 9.85. The van der Waals surface area contributed by atoms with Gasteiger partial charge in [-0.25, -0.2) is 4.98 Å². The molecular formula is C20H28N4O4. The van der Waals surface area contributed by atoms with Crippen LogP contribution in [0.3, 0.4) is 0 Å².